The Balaban J connectivity index is 2.33. The summed E-state index contributed by atoms with van der Waals surface area (Å²) in [5.41, 5.74) is -0.486. The minimum absolute atomic E-state index is 0.155. The van der Waals surface area contributed by atoms with E-state index < -0.39 is 17.8 Å². The highest BCUT2D eigenvalue weighted by molar-refractivity contribution is 5.67. The van der Waals surface area contributed by atoms with E-state index in [4.69, 9.17) is 9.47 Å². The lowest BCUT2D eigenvalue weighted by Gasteiger charge is -2.23. The average molecular weight is 245 g/mol. The number of nitrogens with one attached hydrogen (secondary N) is 1. The maximum Gasteiger partial charge on any atom is 0.407 e. The number of carbonyl (C=O) groups is 1. The van der Waals surface area contributed by atoms with Crippen LogP contribution >= 0.6 is 0 Å². The first-order chi connectivity index (χ1) is 7.79. The van der Waals surface area contributed by atoms with Crippen LogP contribution in [-0.2, 0) is 9.47 Å². The number of alkyl carbamates (subject to hydrolysis) is 1. The number of aliphatic hydroxyl groups is 1. The molecule has 2 N–H and O–H groups in total. The fraction of sp³-hybridized carbons (Fsp3) is 0.917. The molecule has 0 aromatic carbocycles. The van der Waals surface area contributed by atoms with Crippen LogP contribution in [0.3, 0.4) is 0 Å². The van der Waals surface area contributed by atoms with Crippen LogP contribution in [0.1, 0.15) is 34.1 Å². The Labute approximate surface area is 102 Å². The number of amides is 1. The number of rotatable bonds is 3. The van der Waals surface area contributed by atoms with Gasteiger partial charge in [-0.15, -0.1) is 0 Å². The van der Waals surface area contributed by atoms with Crippen molar-refractivity contribution in [1.29, 1.82) is 0 Å². The van der Waals surface area contributed by atoms with Gasteiger partial charge in [-0.2, -0.15) is 0 Å². The second-order valence-electron chi connectivity index (χ2n) is 5.51. The van der Waals surface area contributed by atoms with Gasteiger partial charge in [0, 0.05) is 19.1 Å². The largest absolute Gasteiger partial charge is 0.444 e. The van der Waals surface area contributed by atoms with Gasteiger partial charge in [-0.25, -0.2) is 4.79 Å². The summed E-state index contributed by atoms with van der Waals surface area (Å²) in [7, 11) is 0. The topological polar surface area (TPSA) is 67.8 Å². The molecule has 1 aliphatic heterocycles. The molecular weight excluding hydrogens is 222 g/mol. The van der Waals surface area contributed by atoms with Crippen molar-refractivity contribution in [3.8, 4) is 0 Å². The van der Waals surface area contributed by atoms with E-state index in [1.54, 1.807) is 6.92 Å². The first-order valence-electron chi connectivity index (χ1n) is 6.06. The number of aliphatic hydroxyl groups excluding tert-OH is 1. The van der Waals surface area contributed by atoms with E-state index in [9.17, 15) is 9.90 Å². The van der Waals surface area contributed by atoms with Gasteiger partial charge >= 0.3 is 6.09 Å². The highest BCUT2D eigenvalue weighted by Crippen LogP contribution is 2.23. The van der Waals surface area contributed by atoms with Crippen molar-refractivity contribution in [2.24, 2.45) is 5.92 Å². The van der Waals surface area contributed by atoms with Crippen molar-refractivity contribution < 1.29 is 19.4 Å². The number of hydrogen-bond acceptors (Lipinski definition) is 4. The summed E-state index contributed by atoms with van der Waals surface area (Å²) in [6.45, 7) is 8.29. The number of ether oxygens (including phenoxy) is 2. The van der Waals surface area contributed by atoms with E-state index in [1.807, 2.05) is 20.8 Å². The zero-order valence-corrected chi connectivity index (χ0v) is 11.0. The SMILES string of the molecule is C[C@@H](O)C1OCC[C@H]1CNC(=O)OC(C)(C)C. The maximum absolute atomic E-state index is 11.5. The molecule has 0 aromatic heterocycles. The molecule has 100 valence electrons. The van der Waals surface area contributed by atoms with Crippen LogP contribution in [0.5, 0.6) is 0 Å². The summed E-state index contributed by atoms with van der Waals surface area (Å²) >= 11 is 0. The molecule has 1 saturated heterocycles. The standard InChI is InChI=1S/C12H23NO4/c1-8(14)10-9(5-6-16-10)7-13-11(15)17-12(2,3)4/h8-10,14H,5-7H2,1-4H3,(H,13,15)/t8-,9+,10?/m1/s1. The fourth-order valence-corrected chi connectivity index (χ4v) is 1.94. The van der Waals surface area contributed by atoms with Gasteiger partial charge in [-0.3, -0.25) is 0 Å². The Hall–Kier alpha value is -0.810. The summed E-state index contributed by atoms with van der Waals surface area (Å²) in [6.07, 6.45) is -0.271. The lowest BCUT2D eigenvalue weighted by atomic mass is 9.98. The lowest BCUT2D eigenvalue weighted by Crippen LogP contribution is -2.39. The average Bonchev–Trinajstić information content (AvgIpc) is 2.59. The van der Waals surface area contributed by atoms with Crippen LogP contribution in [0.25, 0.3) is 0 Å². The van der Waals surface area contributed by atoms with Crippen LogP contribution in [0, 0.1) is 5.92 Å². The summed E-state index contributed by atoms with van der Waals surface area (Å²) in [4.78, 5) is 11.5. The third-order valence-electron chi connectivity index (χ3n) is 2.65. The van der Waals surface area contributed by atoms with Gasteiger partial charge in [-0.05, 0) is 34.1 Å². The molecule has 3 atom stereocenters. The first-order valence-corrected chi connectivity index (χ1v) is 6.06. The Bertz CT molecular complexity index is 260. The normalized spacial score (nSPS) is 26.6. The smallest absolute Gasteiger partial charge is 0.407 e. The molecule has 5 heteroatoms. The molecule has 1 amide bonds. The Morgan fingerprint density at radius 2 is 2.24 bits per heavy atom. The molecule has 1 aliphatic rings. The van der Waals surface area contributed by atoms with Gasteiger partial charge in [0.25, 0.3) is 0 Å². The molecule has 17 heavy (non-hydrogen) atoms. The summed E-state index contributed by atoms with van der Waals surface area (Å²) in [5, 5.41) is 12.2. The van der Waals surface area contributed by atoms with Crippen molar-refractivity contribution in [1.82, 2.24) is 5.32 Å². The van der Waals surface area contributed by atoms with E-state index in [-0.39, 0.29) is 12.0 Å². The van der Waals surface area contributed by atoms with Crippen LogP contribution < -0.4 is 5.32 Å². The second kappa shape index (κ2) is 5.69. The quantitative estimate of drug-likeness (QED) is 0.786. The van der Waals surface area contributed by atoms with E-state index >= 15 is 0 Å². The van der Waals surface area contributed by atoms with E-state index in [0.717, 1.165) is 6.42 Å². The molecule has 0 spiro atoms. The molecule has 5 nitrogen and oxygen atoms in total. The van der Waals surface area contributed by atoms with Gasteiger partial charge in [-0.1, -0.05) is 0 Å². The lowest BCUT2D eigenvalue weighted by molar-refractivity contribution is -0.0102. The minimum Gasteiger partial charge on any atom is -0.444 e. The molecule has 0 radical (unpaired) electrons. The minimum atomic E-state index is -0.511. The molecule has 0 bridgehead atoms. The van der Waals surface area contributed by atoms with Crippen molar-refractivity contribution >= 4 is 6.09 Å². The second-order valence-corrected chi connectivity index (χ2v) is 5.51. The molecule has 1 rings (SSSR count). The Morgan fingerprint density at radius 3 is 2.76 bits per heavy atom. The van der Waals surface area contributed by atoms with Gasteiger partial charge < -0.3 is 19.9 Å². The zero-order chi connectivity index (χ0) is 13.1. The van der Waals surface area contributed by atoms with Gasteiger partial charge in [0.1, 0.15) is 5.60 Å². The van der Waals surface area contributed by atoms with Crippen molar-refractivity contribution in [2.75, 3.05) is 13.2 Å². The molecule has 0 aliphatic carbocycles. The van der Waals surface area contributed by atoms with Gasteiger partial charge in [0.2, 0.25) is 0 Å². The van der Waals surface area contributed by atoms with Crippen molar-refractivity contribution in [3.63, 3.8) is 0 Å². The van der Waals surface area contributed by atoms with Crippen molar-refractivity contribution in [3.05, 3.63) is 0 Å². The predicted octanol–water partition coefficient (Wildman–Crippen LogP) is 1.30. The highest BCUT2D eigenvalue weighted by Gasteiger charge is 2.32. The number of hydrogen-bond donors (Lipinski definition) is 2. The van der Waals surface area contributed by atoms with Crippen LogP contribution in [0.4, 0.5) is 4.79 Å². The third kappa shape index (κ3) is 4.91. The van der Waals surface area contributed by atoms with Crippen molar-refractivity contribution in [2.45, 2.75) is 51.9 Å². The van der Waals surface area contributed by atoms with E-state index in [2.05, 4.69) is 5.32 Å². The zero-order valence-electron chi connectivity index (χ0n) is 11.0. The van der Waals surface area contributed by atoms with Crippen LogP contribution in [0.2, 0.25) is 0 Å². The monoisotopic (exact) mass is 245 g/mol. The van der Waals surface area contributed by atoms with Crippen LogP contribution in [0.15, 0.2) is 0 Å². The summed E-state index contributed by atoms with van der Waals surface area (Å²) in [6, 6.07) is 0. The maximum atomic E-state index is 11.5. The van der Waals surface area contributed by atoms with Gasteiger partial charge in [0.05, 0.1) is 12.2 Å². The molecule has 0 saturated carbocycles. The highest BCUT2D eigenvalue weighted by atomic mass is 16.6. The fourth-order valence-electron chi connectivity index (χ4n) is 1.94. The van der Waals surface area contributed by atoms with Gasteiger partial charge in [0.15, 0.2) is 0 Å². The molecule has 1 fully saturated rings. The predicted molar refractivity (Wildman–Crippen MR) is 63.8 cm³/mol. The molecule has 1 unspecified atom stereocenters. The molecular formula is C12H23NO4. The van der Waals surface area contributed by atoms with Crippen LogP contribution in [-0.4, -0.2) is 42.2 Å². The number of carbonyl (C=O) groups excluding carboxylic acids is 1. The molecule has 0 aromatic rings. The summed E-state index contributed by atoms with van der Waals surface area (Å²) < 4.78 is 10.6. The Morgan fingerprint density at radius 1 is 1.59 bits per heavy atom. The Kier molecular flexibility index (Phi) is 4.77. The van der Waals surface area contributed by atoms with E-state index in [1.165, 1.54) is 0 Å². The summed E-state index contributed by atoms with van der Waals surface area (Å²) in [5.74, 6) is 0.155. The first kappa shape index (κ1) is 14.3. The molecule has 1 heterocycles. The third-order valence-corrected chi connectivity index (χ3v) is 2.65. The van der Waals surface area contributed by atoms with E-state index in [0.29, 0.717) is 13.2 Å².